The van der Waals surface area contributed by atoms with Crippen LogP contribution in [0.4, 0.5) is 0 Å². The molecule has 0 aliphatic carbocycles. The summed E-state index contributed by atoms with van der Waals surface area (Å²) in [4.78, 5) is 0. The van der Waals surface area contributed by atoms with Gasteiger partial charge in [-0.05, 0) is 24.4 Å². The Morgan fingerprint density at radius 1 is 1.00 bits per heavy atom. The van der Waals surface area contributed by atoms with Gasteiger partial charge >= 0.3 is 0 Å². The molecule has 1 N–H and O–H groups in total. The van der Waals surface area contributed by atoms with Gasteiger partial charge in [-0.2, -0.15) is 4.40 Å². The van der Waals surface area contributed by atoms with Crippen molar-refractivity contribution < 1.29 is 31.2 Å². The van der Waals surface area contributed by atoms with Crippen LogP contribution in [-0.4, -0.2) is 11.7 Å². The Kier molecular flexibility index (Phi) is 4.09. The highest BCUT2D eigenvalue weighted by atomic mass is 79.9. The number of aromatic hydroxyl groups is 1. The lowest BCUT2D eigenvalue weighted by Gasteiger charge is -2.07. The second kappa shape index (κ2) is 6.05. The Hall–Kier alpha value is -2.33. The summed E-state index contributed by atoms with van der Waals surface area (Å²) in [7, 11) is 0. The van der Waals surface area contributed by atoms with Crippen molar-refractivity contribution in [1.82, 2.24) is 0 Å². The van der Waals surface area contributed by atoms with Crippen molar-refractivity contribution in [3.05, 3.63) is 60.9 Å². The van der Waals surface area contributed by atoms with Crippen molar-refractivity contribution >= 4 is 27.1 Å². The van der Waals surface area contributed by atoms with Crippen molar-refractivity contribution in [1.29, 1.82) is 0 Å². The number of halogens is 1. The van der Waals surface area contributed by atoms with Gasteiger partial charge in [0.1, 0.15) is 11.5 Å². The van der Waals surface area contributed by atoms with E-state index < -0.39 is 0 Å². The predicted octanol–water partition coefficient (Wildman–Crippen LogP) is 0.840. The first kappa shape index (κ1) is 15.6. The third-order valence-corrected chi connectivity index (χ3v) is 3.96. The molecule has 0 unspecified atom stereocenters. The summed E-state index contributed by atoms with van der Waals surface area (Å²) in [5.74, 6) is 0.931. The highest BCUT2D eigenvalue weighted by Gasteiger charge is 2.13. The molecule has 0 atom stereocenters. The largest absolute Gasteiger partial charge is 1.00 e. The lowest BCUT2D eigenvalue weighted by Crippen LogP contribution is -3.00. The number of phenolic OH excluding ortho intramolecular Hbond substituents is 1. The van der Waals surface area contributed by atoms with E-state index in [1.165, 1.54) is 10.8 Å². The van der Waals surface area contributed by atoms with Crippen molar-refractivity contribution in [3.8, 4) is 11.5 Å². The molecule has 4 rings (SSSR count). The lowest BCUT2D eigenvalue weighted by atomic mass is 10.1. The highest BCUT2D eigenvalue weighted by Crippen LogP contribution is 2.31. The second-order valence-electron chi connectivity index (χ2n) is 5.35. The zero-order chi connectivity index (χ0) is 15.1. The van der Waals surface area contributed by atoms with E-state index in [9.17, 15) is 5.11 Å². The number of phenols is 1. The monoisotopic (exact) mass is 369 g/mol. The Balaban J connectivity index is 0.00000156. The Labute approximate surface area is 144 Å². The number of ether oxygens (including phenoxy) is 1. The fraction of sp³-hybridized carbons (Fsp3) is 0.105. The molecular formula is C19H16BrNO2. The summed E-state index contributed by atoms with van der Waals surface area (Å²) in [6.07, 6.45) is 3.98. The van der Waals surface area contributed by atoms with Crippen molar-refractivity contribution in [2.75, 3.05) is 6.61 Å². The van der Waals surface area contributed by atoms with Crippen LogP contribution in [0.25, 0.3) is 27.1 Å². The minimum atomic E-state index is 0. The van der Waals surface area contributed by atoms with Crippen LogP contribution in [0.2, 0.25) is 0 Å². The third kappa shape index (κ3) is 2.59. The molecule has 0 amide bonds. The van der Waals surface area contributed by atoms with Crippen molar-refractivity contribution in [2.24, 2.45) is 0 Å². The lowest BCUT2D eigenvalue weighted by molar-refractivity contribution is -0.509. The Morgan fingerprint density at radius 3 is 2.65 bits per heavy atom. The van der Waals surface area contributed by atoms with Gasteiger partial charge in [0.05, 0.1) is 17.4 Å². The molecule has 2 aromatic heterocycles. The predicted molar refractivity (Wildman–Crippen MR) is 87.4 cm³/mol. The topological polar surface area (TPSA) is 33.6 Å². The van der Waals surface area contributed by atoms with Crippen LogP contribution in [0.3, 0.4) is 0 Å². The molecule has 116 valence electrons. The second-order valence-corrected chi connectivity index (χ2v) is 5.35. The summed E-state index contributed by atoms with van der Waals surface area (Å²) < 4.78 is 7.57. The summed E-state index contributed by atoms with van der Waals surface area (Å²) in [6.45, 7) is 2.52. The van der Waals surface area contributed by atoms with Gasteiger partial charge in [0, 0.05) is 23.6 Å². The van der Waals surface area contributed by atoms with Gasteiger partial charge < -0.3 is 26.8 Å². The molecule has 0 saturated carbocycles. The average Bonchev–Trinajstić information content (AvgIpc) is 2.54. The molecule has 0 fully saturated rings. The smallest absolute Gasteiger partial charge is 0.219 e. The summed E-state index contributed by atoms with van der Waals surface area (Å²) in [6, 6.07) is 16.1. The highest BCUT2D eigenvalue weighted by molar-refractivity contribution is 5.98. The molecule has 2 aromatic carbocycles. The molecule has 0 saturated heterocycles. The number of benzene rings is 2. The number of aromatic nitrogens is 1. The fourth-order valence-corrected chi connectivity index (χ4v) is 2.95. The number of hydrogen-bond acceptors (Lipinski definition) is 2. The maximum atomic E-state index is 10.3. The molecule has 3 nitrogen and oxygen atoms in total. The van der Waals surface area contributed by atoms with Crippen LogP contribution >= 0.6 is 0 Å². The molecule has 4 heteroatoms. The Morgan fingerprint density at radius 2 is 1.83 bits per heavy atom. The van der Waals surface area contributed by atoms with E-state index in [0.29, 0.717) is 12.4 Å². The van der Waals surface area contributed by atoms with Gasteiger partial charge in [0.15, 0.2) is 12.4 Å². The molecule has 4 aromatic rings. The van der Waals surface area contributed by atoms with Crippen molar-refractivity contribution in [2.45, 2.75) is 6.92 Å². The van der Waals surface area contributed by atoms with E-state index in [-0.39, 0.29) is 22.7 Å². The molecule has 0 radical (unpaired) electrons. The first-order chi connectivity index (χ1) is 10.8. The number of nitrogens with zero attached hydrogens (tertiary/aromatic N) is 1. The average molecular weight is 370 g/mol. The maximum Gasteiger partial charge on any atom is 0.219 e. The van der Waals surface area contributed by atoms with E-state index >= 15 is 0 Å². The van der Waals surface area contributed by atoms with Crippen LogP contribution in [0.15, 0.2) is 60.9 Å². The molecule has 0 aliphatic rings. The van der Waals surface area contributed by atoms with Crippen LogP contribution in [0, 0.1) is 0 Å². The molecule has 0 spiro atoms. The third-order valence-electron chi connectivity index (χ3n) is 3.96. The van der Waals surface area contributed by atoms with Gasteiger partial charge in [0.25, 0.3) is 0 Å². The summed E-state index contributed by atoms with van der Waals surface area (Å²) in [5, 5.41) is 14.4. The molecule has 2 heterocycles. The van der Waals surface area contributed by atoms with Gasteiger partial charge in [-0.1, -0.05) is 18.2 Å². The van der Waals surface area contributed by atoms with E-state index in [1.54, 1.807) is 6.07 Å². The quantitative estimate of drug-likeness (QED) is 0.322. The number of fused-ring (bicyclic) bond motifs is 4. The SMILES string of the molecule is CCOc1cc(O)c2c[n+]3ccc4ccccc4c3cc2c1.[Br-]. The molecular weight excluding hydrogens is 354 g/mol. The standard InChI is InChI=1S/C19H15NO2.BrH/c1-2-22-15-9-14-10-18-16-6-4-3-5-13(16)7-8-20(18)12-17(14)19(21)11-15;/h3-12H,2H2,1H3;1H. The molecule has 0 aliphatic heterocycles. The summed E-state index contributed by atoms with van der Waals surface area (Å²) >= 11 is 0. The minimum Gasteiger partial charge on any atom is -1.00 e. The first-order valence-corrected chi connectivity index (χ1v) is 7.38. The van der Waals surface area contributed by atoms with Crippen LogP contribution < -0.4 is 26.1 Å². The van der Waals surface area contributed by atoms with Gasteiger partial charge in [-0.15, -0.1) is 0 Å². The number of hydrogen-bond donors (Lipinski definition) is 1. The van der Waals surface area contributed by atoms with E-state index in [4.69, 9.17) is 4.74 Å². The van der Waals surface area contributed by atoms with Crippen LogP contribution in [-0.2, 0) is 0 Å². The van der Waals surface area contributed by atoms with E-state index in [1.807, 2.05) is 41.9 Å². The van der Waals surface area contributed by atoms with Crippen LogP contribution in [0.5, 0.6) is 11.5 Å². The van der Waals surface area contributed by atoms with Crippen LogP contribution in [0.1, 0.15) is 6.92 Å². The van der Waals surface area contributed by atoms with Crippen molar-refractivity contribution in [3.63, 3.8) is 0 Å². The minimum absolute atomic E-state index is 0. The van der Waals surface area contributed by atoms with E-state index in [0.717, 1.165) is 16.3 Å². The molecule has 0 bridgehead atoms. The normalized spacial score (nSPS) is 10.8. The first-order valence-electron chi connectivity index (χ1n) is 7.38. The van der Waals surface area contributed by atoms with Gasteiger partial charge in [0.2, 0.25) is 5.52 Å². The fourth-order valence-electron chi connectivity index (χ4n) is 2.95. The zero-order valence-corrected chi connectivity index (χ0v) is 14.2. The van der Waals surface area contributed by atoms with Gasteiger partial charge in [-0.25, -0.2) is 0 Å². The maximum absolute atomic E-state index is 10.3. The summed E-state index contributed by atoms with van der Waals surface area (Å²) in [5.41, 5.74) is 1.11. The van der Waals surface area contributed by atoms with Gasteiger partial charge in [-0.3, -0.25) is 0 Å². The zero-order valence-electron chi connectivity index (χ0n) is 12.7. The Bertz CT molecular complexity index is 1010. The molecule has 23 heavy (non-hydrogen) atoms. The van der Waals surface area contributed by atoms with E-state index in [2.05, 4.69) is 24.3 Å². The number of pyridine rings is 2. The number of rotatable bonds is 2.